The van der Waals surface area contributed by atoms with Gasteiger partial charge in [0, 0.05) is 11.8 Å². The van der Waals surface area contributed by atoms with Crippen molar-refractivity contribution in [2.75, 3.05) is 0 Å². The first-order valence-corrected chi connectivity index (χ1v) is 5.60. The van der Waals surface area contributed by atoms with Crippen LogP contribution in [0.4, 0.5) is 0 Å². The number of ketones is 1. The SMILES string of the molecule is O=C1[C@H]2CC=C[C@H]2[C@H]1Cc1ccccc1. The number of hydrogen-bond acceptors (Lipinski definition) is 1. The molecule has 15 heavy (non-hydrogen) atoms. The van der Waals surface area contributed by atoms with Gasteiger partial charge in [-0.3, -0.25) is 4.79 Å². The van der Waals surface area contributed by atoms with Crippen LogP contribution in [0.25, 0.3) is 0 Å². The first kappa shape index (κ1) is 8.90. The molecule has 3 atom stereocenters. The summed E-state index contributed by atoms with van der Waals surface area (Å²) in [5.41, 5.74) is 1.29. The van der Waals surface area contributed by atoms with Crippen LogP contribution >= 0.6 is 0 Å². The maximum Gasteiger partial charge on any atom is 0.140 e. The molecule has 0 bridgehead atoms. The maximum absolute atomic E-state index is 11.8. The van der Waals surface area contributed by atoms with Crippen LogP contribution in [-0.4, -0.2) is 5.78 Å². The van der Waals surface area contributed by atoms with Gasteiger partial charge < -0.3 is 0 Å². The molecule has 1 heteroatoms. The highest BCUT2D eigenvalue weighted by Gasteiger charge is 2.48. The predicted octanol–water partition coefficient (Wildman–Crippen LogP) is 2.62. The Hall–Kier alpha value is -1.37. The van der Waals surface area contributed by atoms with Gasteiger partial charge in [-0.2, -0.15) is 0 Å². The lowest BCUT2D eigenvalue weighted by Gasteiger charge is -2.38. The summed E-state index contributed by atoms with van der Waals surface area (Å²) in [6.45, 7) is 0. The minimum atomic E-state index is 0.260. The molecule has 76 valence electrons. The van der Waals surface area contributed by atoms with Crippen LogP contribution in [-0.2, 0) is 11.2 Å². The van der Waals surface area contributed by atoms with E-state index in [4.69, 9.17) is 0 Å². The normalized spacial score (nSPS) is 32.5. The van der Waals surface area contributed by atoms with Gasteiger partial charge in [0.15, 0.2) is 0 Å². The number of Topliss-reactive ketones (excluding diaryl/α,β-unsaturated/α-hetero) is 1. The number of benzene rings is 1. The Balaban J connectivity index is 1.75. The molecule has 0 aliphatic heterocycles. The zero-order valence-electron chi connectivity index (χ0n) is 8.60. The monoisotopic (exact) mass is 198 g/mol. The summed E-state index contributed by atoms with van der Waals surface area (Å²) in [5, 5.41) is 0. The zero-order chi connectivity index (χ0) is 10.3. The minimum Gasteiger partial charge on any atom is -0.299 e. The van der Waals surface area contributed by atoms with Crippen molar-refractivity contribution >= 4 is 5.78 Å². The highest BCUT2D eigenvalue weighted by atomic mass is 16.1. The lowest BCUT2D eigenvalue weighted by atomic mass is 9.63. The Morgan fingerprint density at radius 3 is 2.80 bits per heavy atom. The summed E-state index contributed by atoms with van der Waals surface area (Å²) in [5.74, 6) is 1.61. The fourth-order valence-electron chi connectivity index (χ4n) is 2.84. The lowest BCUT2D eigenvalue weighted by molar-refractivity contribution is -0.139. The summed E-state index contributed by atoms with van der Waals surface area (Å²) in [4.78, 5) is 11.8. The van der Waals surface area contributed by atoms with Crippen molar-refractivity contribution in [3.8, 4) is 0 Å². The third-order valence-electron chi connectivity index (χ3n) is 3.71. The van der Waals surface area contributed by atoms with Gasteiger partial charge in [-0.05, 0) is 24.3 Å². The van der Waals surface area contributed by atoms with Crippen molar-refractivity contribution in [2.45, 2.75) is 12.8 Å². The van der Waals surface area contributed by atoms with Gasteiger partial charge in [-0.15, -0.1) is 0 Å². The molecule has 0 saturated heterocycles. The second kappa shape index (κ2) is 3.34. The van der Waals surface area contributed by atoms with Crippen LogP contribution in [0, 0.1) is 17.8 Å². The number of hydrogen-bond donors (Lipinski definition) is 0. The van der Waals surface area contributed by atoms with Gasteiger partial charge >= 0.3 is 0 Å². The van der Waals surface area contributed by atoms with E-state index >= 15 is 0 Å². The van der Waals surface area contributed by atoms with E-state index in [2.05, 4.69) is 24.3 Å². The number of rotatable bonds is 2. The van der Waals surface area contributed by atoms with Crippen LogP contribution < -0.4 is 0 Å². The first-order valence-electron chi connectivity index (χ1n) is 5.60. The molecule has 3 rings (SSSR count). The van der Waals surface area contributed by atoms with Crippen molar-refractivity contribution < 1.29 is 4.79 Å². The first-order chi connectivity index (χ1) is 7.36. The van der Waals surface area contributed by atoms with E-state index in [1.807, 2.05) is 18.2 Å². The molecule has 0 radical (unpaired) electrons. The highest BCUT2D eigenvalue weighted by molar-refractivity contribution is 5.91. The van der Waals surface area contributed by atoms with Gasteiger partial charge in [0.1, 0.15) is 5.78 Å². The Bertz CT molecular complexity index is 405. The number of carbonyl (C=O) groups is 1. The van der Waals surface area contributed by atoms with Gasteiger partial charge in [-0.25, -0.2) is 0 Å². The summed E-state index contributed by atoms with van der Waals surface area (Å²) >= 11 is 0. The molecule has 0 amide bonds. The quantitative estimate of drug-likeness (QED) is 0.668. The third kappa shape index (κ3) is 1.34. The van der Waals surface area contributed by atoms with E-state index in [1.54, 1.807) is 0 Å². The highest BCUT2D eigenvalue weighted by Crippen LogP contribution is 2.45. The summed E-state index contributed by atoms with van der Waals surface area (Å²) in [7, 11) is 0. The standard InChI is InChI=1S/C14H14O/c15-14-12-8-4-7-11(12)13(14)9-10-5-2-1-3-6-10/h1-7,11-13H,8-9H2/t11-,12+,13-/m1/s1. The Morgan fingerprint density at radius 2 is 2.00 bits per heavy atom. The van der Waals surface area contributed by atoms with Crippen LogP contribution in [0.15, 0.2) is 42.5 Å². The predicted molar refractivity (Wildman–Crippen MR) is 59.4 cm³/mol. The molecule has 1 saturated carbocycles. The molecule has 2 aliphatic rings. The van der Waals surface area contributed by atoms with E-state index in [1.165, 1.54) is 5.56 Å². The summed E-state index contributed by atoms with van der Waals surface area (Å²) < 4.78 is 0. The van der Waals surface area contributed by atoms with E-state index in [0.717, 1.165) is 12.8 Å². The average Bonchev–Trinajstić information content (AvgIpc) is 2.72. The molecule has 0 aromatic heterocycles. The topological polar surface area (TPSA) is 17.1 Å². The molecule has 0 unspecified atom stereocenters. The van der Waals surface area contributed by atoms with E-state index in [0.29, 0.717) is 17.6 Å². The molecule has 1 aromatic carbocycles. The fraction of sp³-hybridized carbons (Fsp3) is 0.357. The van der Waals surface area contributed by atoms with Crippen molar-refractivity contribution in [2.24, 2.45) is 17.8 Å². The van der Waals surface area contributed by atoms with E-state index in [9.17, 15) is 4.79 Å². The molecular formula is C14H14O. The van der Waals surface area contributed by atoms with Crippen molar-refractivity contribution in [3.63, 3.8) is 0 Å². The van der Waals surface area contributed by atoms with Crippen molar-refractivity contribution in [3.05, 3.63) is 48.0 Å². The smallest absolute Gasteiger partial charge is 0.140 e. The zero-order valence-corrected chi connectivity index (χ0v) is 8.60. The number of fused-ring (bicyclic) bond motifs is 1. The van der Waals surface area contributed by atoms with Crippen LogP contribution in [0.1, 0.15) is 12.0 Å². The average molecular weight is 198 g/mol. The van der Waals surface area contributed by atoms with Crippen LogP contribution in [0.5, 0.6) is 0 Å². The van der Waals surface area contributed by atoms with Crippen LogP contribution in [0.2, 0.25) is 0 Å². The lowest BCUT2D eigenvalue weighted by Crippen LogP contribution is -2.45. The van der Waals surface area contributed by atoms with Crippen LogP contribution in [0.3, 0.4) is 0 Å². The van der Waals surface area contributed by atoms with Gasteiger partial charge in [0.05, 0.1) is 0 Å². The largest absolute Gasteiger partial charge is 0.299 e. The molecular weight excluding hydrogens is 184 g/mol. The van der Waals surface area contributed by atoms with Crippen molar-refractivity contribution in [1.82, 2.24) is 0 Å². The molecule has 0 heterocycles. The molecule has 0 spiro atoms. The van der Waals surface area contributed by atoms with Gasteiger partial charge in [-0.1, -0.05) is 42.5 Å². The molecule has 1 aromatic rings. The van der Waals surface area contributed by atoms with E-state index < -0.39 is 0 Å². The molecule has 1 fully saturated rings. The minimum absolute atomic E-state index is 0.260. The van der Waals surface area contributed by atoms with Gasteiger partial charge in [0.25, 0.3) is 0 Å². The molecule has 1 nitrogen and oxygen atoms in total. The summed E-state index contributed by atoms with van der Waals surface area (Å²) in [6.07, 6.45) is 6.30. The Kier molecular flexibility index (Phi) is 1.98. The Labute approximate surface area is 89.8 Å². The third-order valence-corrected chi connectivity index (χ3v) is 3.71. The van der Waals surface area contributed by atoms with E-state index in [-0.39, 0.29) is 5.92 Å². The number of carbonyl (C=O) groups excluding carboxylic acids is 1. The van der Waals surface area contributed by atoms with Gasteiger partial charge in [0.2, 0.25) is 0 Å². The fourth-order valence-corrected chi connectivity index (χ4v) is 2.84. The summed E-state index contributed by atoms with van der Waals surface area (Å²) in [6, 6.07) is 10.3. The Morgan fingerprint density at radius 1 is 1.20 bits per heavy atom. The molecule has 2 aliphatic carbocycles. The number of allylic oxidation sites excluding steroid dienone is 2. The second-order valence-corrected chi connectivity index (χ2v) is 4.55. The molecule has 0 N–H and O–H groups in total. The second-order valence-electron chi connectivity index (χ2n) is 4.55. The maximum atomic E-state index is 11.8. The van der Waals surface area contributed by atoms with Crippen molar-refractivity contribution in [1.29, 1.82) is 0 Å².